The first-order valence-electron chi connectivity index (χ1n) is 25.2. The molecule has 7 aromatic rings. The molecule has 386 valence electrons. The summed E-state index contributed by atoms with van der Waals surface area (Å²) in [6.07, 6.45) is 10.0. The average molecular weight is 1040 g/mol. The molecule has 3 fully saturated rings. The minimum Gasteiger partial charge on any atom is -0.461 e. The van der Waals surface area contributed by atoms with Gasteiger partial charge in [0.1, 0.15) is 57.9 Å². The first-order chi connectivity index (χ1) is 35.2. The summed E-state index contributed by atoms with van der Waals surface area (Å²) in [5, 5.41) is 6.63. The molecular formula is C56H61N7O9S2. The number of carbonyl (C=O) groups excluding carboxylic acids is 2. The number of aryl methyl sites for hydroxylation is 5. The van der Waals surface area contributed by atoms with Crippen LogP contribution in [0.25, 0.3) is 33.8 Å². The maximum atomic E-state index is 13.0. The predicted molar refractivity (Wildman–Crippen MR) is 285 cm³/mol. The van der Waals surface area contributed by atoms with Gasteiger partial charge in [0, 0.05) is 67.1 Å². The molecule has 4 aliphatic rings. The summed E-state index contributed by atoms with van der Waals surface area (Å²) in [4.78, 5) is 44.5. The molecule has 0 amide bonds. The van der Waals surface area contributed by atoms with E-state index in [2.05, 4.69) is 20.6 Å². The lowest BCUT2D eigenvalue weighted by Gasteiger charge is -2.25. The molecule has 16 nitrogen and oxygen atoms in total. The van der Waals surface area contributed by atoms with E-state index in [1.165, 1.54) is 12.5 Å². The molecular weight excluding hydrogens is 979 g/mol. The number of nitrogens with one attached hydrogen (secondary N) is 2. The number of aromatic nitrogens is 4. The summed E-state index contributed by atoms with van der Waals surface area (Å²) in [5.41, 5.74) is 10.4. The second kappa shape index (κ2) is 19.8. The average Bonchev–Trinajstić information content (AvgIpc) is 4.25. The number of hydrogen-bond acceptors (Lipinski definition) is 15. The Bertz CT molecular complexity index is 3670. The van der Waals surface area contributed by atoms with Crippen molar-refractivity contribution >= 4 is 76.6 Å². The number of furan rings is 2. The van der Waals surface area contributed by atoms with Crippen LogP contribution in [0, 0.1) is 46.5 Å². The van der Waals surface area contributed by atoms with E-state index in [0.29, 0.717) is 86.7 Å². The van der Waals surface area contributed by atoms with Gasteiger partial charge in [-0.25, -0.2) is 26.8 Å². The van der Waals surface area contributed by atoms with Gasteiger partial charge >= 0.3 is 0 Å². The van der Waals surface area contributed by atoms with Crippen LogP contribution in [-0.2, 0) is 53.3 Å². The van der Waals surface area contributed by atoms with Gasteiger partial charge in [-0.1, -0.05) is 0 Å². The number of hydrogen-bond donors (Lipinski definition) is 2. The van der Waals surface area contributed by atoms with E-state index in [4.69, 9.17) is 23.5 Å². The highest BCUT2D eigenvalue weighted by Crippen LogP contribution is 2.41. The standard InChI is InChI=1S/C30H34N4O5S.C26H27N3O4S/c1-17-13-18(2)39-29(17)21-10-11-23(26(14-21)40(4,36)37)33-24-15-22(16-25(35)20-8-9-20)32-30-28(24)31-19(3)34(30)27-7-5-6-12-38-27;1-14-9-16(3)33-26(14)18-7-8-20(24(11-18)34(4,31)32)29-22-12-19(13-23(30)17-5-6-17)28-21-10-15(2)27-25(21)22/h10-11,13-15,20,27H,5-9,12,16H2,1-4H3,(H,32,33);7-9,11-12,17H,5-6,10,13H2,1-4H3,(H,28,29). The number of ketones is 2. The predicted octanol–water partition coefficient (Wildman–Crippen LogP) is 11.3. The number of carbonyl (C=O) groups is 2. The third-order valence-electron chi connectivity index (χ3n) is 13.8. The van der Waals surface area contributed by atoms with Gasteiger partial charge in [-0.3, -0.25) is 24.1 Å². The van der Waals surface area contributed by atoms with E-state index in [1.807, 2.05) is 82.5 Å². The van der Waals surface area contributed by atoms with Crippen LogP contribution < -0.4 is 10.6 Å². The van der Waals surface area contributed by atoms with Crippen molar-refractivity contribution in [2.75, 3.05) is 29.8 Å². The number of rotatable bonds is 15. The number of nitrogens with zero attached hydrogens (tertiary/aromatic N) is 5. The third kappa shape index (κ3) is 10.9. The Labute approximate surface area is 431 Å². The number of imidazole rings is 1. The lowest BCUT2D eigenvalue weighted by molar-refractivity contribution is -0.120. The van der Waals surface area contributed by atoms with Gasteiger partial charge in [-0.15, -0.1) is 0 Å². The number of pyridine rings is 2. The molecule has 18 heteroatoms. The minimum absolute atomic E-state index is 0.111. The fourth-order valence-electron chi connectivity index (χ4n) is 9.99. The lowest BCUT2D eigenvalue weighted by atomic mass is 10.1. The molecule has 2 saturated carbocycles. The molecule has 2 aliphatic carbocycles. The molecule has 1 atom stereocenters. The Morgan fingerprint density at radius 2 is 1.16 bits per heavy atom. The van der Waals surface area contributed by atoms with E-state index in [0.717, 1.165) is 84.8 Å². The van der Waals surface area contributed by atoms with Gasteiger partial charge in [-0.05, 0) is 158 Å². The number of aliphatic imine (C=N–C) groups is 1. The van der Waals surface area contributed by atoms with Crippen molar-refractivity contribution in [3.63, 3.8) is 0 Å². The van der Waals surface area contributed by atoms with Crippen LogP contribution in [0.4, 0.5) is 28.4 Å². The van der Waals surface area contributed by atoms with Crippen LogP contribution in [-0.4, -0.2) is 72.8 Å². The van der Waals surface area contributed by atoms with Gasteiger partial charge in [0.25, 0.3) is 0 Å². The molecule has 5 aromatic heterocycles. The third-order valence-corrected chi connectivity index (χ3v) is 16.1. The molecule has 2 aromatic carbocycles. The van der Waals surface area contributed by atoms with E-state index in [-0.39, 0.29) is 52.3 Å². The number of fused-ring (bicyclic) bond motifs is 2. The summed E-state index contributed by atoms with van der Waals surface area (Å²) in [5.74, 6) is 4.23. The Morgan fingerprint density at radius 3 is 1.65 bits per heavy atom. The molecule has 7 heterocycles. The molecule has 1 saturated heterocycles. The largest absolute Gasteiger partial charge is 0.461 e. The number of sulfone groups is 2. The summed E-state index contributed by atoms with van der Waals surface area (Å²) >= 11 is 0. The van der Waals surface area contributed by atoms with Crippen molar-refractivity contribution in [2.24, 2.45) is 16.8 Å². The van der Waals surface area contributed by atoms with Crippen LogP contribution in [0.5, 0.6) is 0 Å². The summed E-state index contributed by atoms with van der Waals surface area (Å²) in [6, 6.07) is 17.9. The Morgan fingerprint density at radius 1 is 0.635 bits per heavy atom. The van der Waals surface area contributed by atoms with Crippen molar-refractivity contribution in [3.8, 4) is 22.6 Å². The van der Waals surface area contributed by atoms with Crippen molar-refractivity contribution in [2.45, 2.75) is 122 Å². The second-order valence-electron chi connectivity index (χ2n) is 20.5. The summed E-state index contributed by atoms with van der Waals surface area (Å²) in [7, 11) is -7.17. The Balaban J connectivity index is 0.000000172. The van der Waals surface area contributed by atoms with Crippen LogP contribution >= 0.6 is 0 Å². The van der Waals surface area contributed by atoms with E-state index >= 15 is 0 Å². The molecule has 0 radical (unpaired) electrons. The summed E-state index contributed by atoms with van der Waals surface area (Å²) < 4.78 is 71.2. The monoisotopic (exact) mass is 1040 g/mol. The van der Waals surface area contributed by atoms with Crippen molar-refractivity contribution < 1.29 is 40.0 Å². The van der Waals surface area contributed by atoms with E-state index < -0.39 is 19.7 Å². The minimum atomic E-state index is -3.62. The van der Waals surface area contributed by atoms with Crippen molar-refractivity contribution in [1.82, 2.24) is 19.5 Å². The first-order valence-corrected chi connectivity index (χ1v) is 28.9. The molecule has 2 aliphatic heterocycles. The fraction of sp³-hybridized carbons (Fsp3) is 0.393. The smallest absolute Gasteiger partial charge is 0.177 e. The zero-order valence-corrected chi connectivity index (χ0v) is 44.6. The van der Waals surface area contributed by atoms with Crippen LogP contribution in [0.3, 0.4) is 0 Å². The molecule has 11 rings (SSSR count). The normalized spacial score (nSPS) is 16.6. The van der Waals surface area contributed by atoms with E-state index in [1.54, 1.807) is 24.3 Å². The lowest BCUT2D eigenvalue weighted by Crippen LogP contribution is -2.19. The molecule has 2 N–H and O–H groups in total. The van der Waals surface area contributed by atoms with Gasteiger partial charge in [0.2, 0.25) is 0 Å². The Kier molecular flexibility index (Phi) is 13.6. The van der Waals surface area contributed by atoms with E-state index in [9.17, 15) is 26.4 Å². The molecule has 1 unspecified atom stereocenters. The molecule has 74 heavy (non-hydrogen) atoms. The van der Waals surface area contributed by atoms with Crippen LogP contribution in [0.2, 0.25) is 0 Å². The van der Waals surface area contributed by atoms with Crippen molar-refractivity contribution in [3.05, 3.63) is 106 Å². The number of ether oxygens (including phenoxy) is 1. The highest BCUT2D eigenvalue weighted by atomic mass is 32.2. The quantitative estimate of drug-likeness (QED) is 0.0976. The zero-order chi connectivity index (χ0) is 52.4. The van der Waals surface area contributed by atoms with Gasteiger partial charge in [0.15, 0.2) is 25.3 Å². The van der Waals surface area contributed by atoms with Crippen LogP contribution in [0.1, 0.15) is 104 Å². The summed E-state index contributed by atoms with van der Waals surface area (Å²) in [6.45, 7) is 12.1. The Hall–Kier alpha value is -6.76. The number of benzene rings is 2. The highest BCUT2D eigenvalue weighted by Gasteiger charge is 2.32. The fourth-order valence-corrected chi connectivity index (χ4v) is 11.7. The zero-order valence-electron chi connectivity index (χ0n) is 43.0. The highest BCUT2D eigenvalue weighted by molar-refractivity contribution is 7.91. The second-order valence-corrected chi connectivity index (χ2v) is 24.4. The maximum absolute atomic E-state index is 13.0. The molecule has 0 bridgehead atoms. The van der Waals surface area contributed by atoms with Crippen LogP contribution in [0.15, 0.2) is 84.3 Å². The topological polar surface area (TPSA) is 218 Å². The maximum Gasteiger partial charge on any atom is 0.177 e. The van der Waals surface area contributed by atoms with Crippen molar-refractivity contribution in [1.29, 1.82) is 0 Å². The van der Waals surface area contributed by atoms with Gasteiger partial charge in [0.05, 0.1) is 49.6 Å². The first kappa shape index (κ1) is 50.8. The van der Waals surface area contributed by atoms with Gasteiger partial charge in [-0.2, -0.15) is 0 Å². The SMILES string of the molecule is CC1=Nc2c(Nc3ccc(-c4oc(C)cc4C)cc3S(C)(=O)=O)cc(CC(=O)C3CC3)nc2C1.Cc1cc(C)c(-c2ccc(Nc3cc(CC(=O)C4CC4)nc4c3nc(C)n4C3CCCCO3)c(S(C)(=O)=O)c2)o1. The van der Waals surface area contributed by atoms with Gasteiger partial charge < -0.3 is 24.2 Å². The number of anilines is 4. The number of Topliss-reactive ketones (excluding diaryl/α,β-unsaturated/α-hetero) is 2. The molecule has 0 spiro atoms.